The molecule has 0 saturated heterocycles. The van der Waals surface area contributed by atoms with Gasteiger partial charge in [-0.3, -0.25) is 4.90 Å². The summed E-state index contributed by atoms with van der Waals surface area (Å²) in [6.07, 6.45) is 0. The normalized spacial score (nSPS) is 15.3. The first-order chi connectivity index (χ1) is 9.75. The molecule has 0 spiro atoms. The predicted molar refractivity (Wildman–Crippen MR) is 85.8 cm³/mol. The molecule has 0 bridgehead atoms. The van der Waals surface area contributed by atoms with Crippen molar-refractivity contribution in [3.63, 3.8) is 0 Å². The number of hydrogen-bond acceptors (Lipinski definition) is 1. The molecule has 1 heterocycles. The van der Waals surface area contributed by atoms with Crippen LogP contribution in [0.2, 0.25) is 0 Å². The summed E-state index contributed by atoms with van der Waals surface area (Å²) in [5.74, 6) is 0. The summed E-state index contributed by atoms with van der Waals surface area (Å²) in [7, 11) is 0. The zero-order valence-corrected chi connectivity index (χ0v) is 12.1. The quantitative estimate of drug-likeness (QED) is 0.573. The number of hydrogen-bond donors (Lipinski definition) is 0. The van der Waals surface area contributed by atoms with Crippen LogP contribution in [0.5, 0.6) is 0 Å². The van der Waals surface area contributed by atoms with Crippen molar-refractivity contribution in [2.45, 2.75) is 33.0 Å². The topological polar surface area (TPSA) is 3.24 Å². The van der Waals surface area contributed by atoms with Crippen molar-refractivity contribution in [3.05, 3.63) is 59.7 Å². The third-order valence-electron chi connectivity index (χ3n) is 4.61. The summed E-state index contributed by atoms with van der Waals surface area (Å²) in [5.41, 5.74) is 3.07. The minimum absolute atomic E-state index is 0.597. The third-order valence-corrected chi connectivity index (χ3v) is 4.61. The Kier molecular flexibility index (Phi) is 2.58. The molecule has 1 nitrogen and oxygen atoms in total. The smallest absolute Gasteiger partial charge is 0.0249 e. The molecule has 1 heteroatoms. The highest BCUT2D eigenvalue weighted by atomic mass is 15.2. The maximum atomic E-state index is 2.56. The lowest BCUT2D eigenvalue weighted by atomic mass is 9.93. The van der Waals surface area contributed by atoms with Crippen LogP contribution in [0.25, 0.3) is 21.5 Å². The van der Waals surface area contributed by atoms with Crippen LogP contribution >= 0.6 is 0 Å². The molecule has 1 aliphatic rings. The molecule has 100 valence electrons. The van der Waals surface area contributed by atoms with Crippen LogP contribution < -0.4 is 0 Å². The van der Waals surface area contributed by atoms with Crippen LogP contribution in [0.15, 0.2) is 48.5 Å². The average molecular weight is 261 g/mol. The van der Waals surface area contributed by atoms with Gasteiger partial charge in [0.05, 0.1) is 0 Å². The van der Waals surface area contributed by atoms with Gasteiger partial charge in [-0.2, -0.15) is 0 Å². The lowest BCUT2D eigenvalue weighted by Gasteiger charge is -2.19. The maximum Gasteiger partial charge on any atom is 0.0249 e. The lowest BCUT2D eigenvalue weighted by molar-refractivity contribution is 0.228. The minimum atomic E-state index is 0.597. The van der Waals surface area contributed by atoms with Crippen molar-refractivity contribution in [2.24, 2.45) is 0 Å². The first-order valence-electron chi connectivity index (χ1n) is 7.41. The first kappa shape index (κ1) is 11.9. The van der Waals surface area contributed by atoms with Gasteiger partial charge in [0.15, 0.2) is 0 Å². The fourth-order valence-corrected chi connectivity index (χ4v) is 3.48. The van der Waals surface area contributed by atoms with Crippen molar-refractivity contribution in [1.82, 2.24) is 4.90 Å². The van der Waals surface area contributed by atoms with Crippen molar-refractivity contribution in [1.29, 1.82) is 0 Å². The molecular weight excluding hydrogens is 242 g/mol. The second kappa shape index (κ2) is 4.32. The van der Waals surface area contributed by atoms with Gasteiger partial charge in [-0.25, -0.2) is 0 Å². The van der Waals surface area contributed by atoms with E-state index < -0.39 is 0 Å². The molecule has 0 unspecified atom stereocenters. The molecule has 0 saturated carbocycles. The van der Waals surface area contributed by atoms with Crippen molar-refractivity contribution < 1.29 is 0 Å². The molecule has 3 aromatic rings. The Balaban J connectivity index is 2.11. The molecule has 3 aromatic carbocycles. The van der Waals surface area contributed by atoms with Crippen molar-refractivity contribution in [3.8, 4) is 0 Å². The van der Waals surface area contributed by atoms with Crippen LogP contribution in [-0.4, -0.2) is 10.9 Å². The zero-order valence-electron chi connectivity index (χ0n) is 12.1. The van der Waals surface area contributed by atoms with Crippen LogP contribution in [-0.2, 0) is 13.1 Å². The minimum Gasteiger partial charge on any atom is -0.292 e. The second-order valence-corrected chi connectivity index (χ2v) is 6.05. The van der Waals surface area contributed by atoms with Gasteiger partial charge < -0.3 is 0 Å². The molecule has 0 fully saturated rings. The standard InChI is InChI=1S/C19H19N/c1-13(2)20-11-18-16-9-5-3-7-14(16)15-8-4-6-10-17(15)19(18)12-20/h3-10,13H,11-12H2,1-2H3. The highest BCUT2D eigenvalue weighted by molar-refractivity contribution is 6.10. The van der Waals surface area contributed by atoms with Crippen LogP contribution in [0.1, 0.15) is 25.0 Å². The van der Waals surface area contributed by atoms with Gasteiger partial charge in [-0.1, -0.05) is 48.5 Å². The Morgan fingerprint density at radius 3 is 1.50 bits per heavy atom. The Bertz CT molecular complexity index is 737. The monoisotopic (exact) mass is 261 g/mol. The zero-order chi connectivity index (χ0) is 13.7. The highest BCUT2D eigenvalue weighted by Gasteiger charge is 2.25. The summed E-state index contributed by atoms with van der Waals surface area (Å²) >= 11 is 0. The number of fused-ring (bicyclic) bond motifs is 6. The van der Waals surface area contributed by atoms with Gasteiger partial charge in [0.1, 0.15) is 0 Å². The van der Waals surface area contributed by atoms with Gasteiger partial charge in [-0.15, -0.1) is 0 Å². The Hall–Kier alpha value is -1.86. The van der Waals surface area contributed by atoms with E-state index >= 15 is 0 Å². The van der Waals surface area contributed by atoms with Gasteiger partial charge >= 0.3 is 0 Å². The van der Waals surface area contributed by atoms with E-state index in [-0.39, 0.29) is 0 Å². The number of rotatable bonds is 1. The Morgan fingerprint density at radius 2 is 1.10 bits per heavy atom. The lowest BCUT2D eigenvalue weighted by Crippen LogP contribution is -2.24. The second-order valence-electron chi connectivity index (χ2n) is 6.05. The summed E-state index contributed by atoms with van der Waals surface area (Å²) in [6.45, 7) is 6.74. The number of benzene rings is 3. The summed E-state index contributed by atoms with van der Waals surface area (Å²) < 4.78 is 0. The van der Waals surface area contributed by atoms with Gasteiger partial charge in [-0.05, 0) is 46.5 Å². The summed E-state index contributed by atoms with van der Waals surface area (Å²) in [4.78, 5) is 2.56. The van der Waals surface area contributed by atoms with Crippen LogP contribution in [0.4, 0.5) is 0 Å². The largest absolute Gasteiger partial charge is 0.292 e. The average Bonchev–Trinajstić information content (AvgIpc) is 2.93. The maximum absolute atomic E-state index is 2.56. The fraction of sp³-hybridized carbons (Fsp3) is 0.263. The molecular formula is C19H19N. The molecule has 0 aliphatic carbocycles. The van der Waals surface area contributed by atoms with E-state index in [2.05, 4.69) is 67.3 Å². The first-order valence-corrected chi connectivity index (χ1v) is 7.41. The van der Waals surface area contributed by atoms with E-state index in [4.69, 9.17) is 0 Å². The van der Waals surface area contributed by atoms with Gasteiger partial charge in [0.2, 0.25) is 0 Å². The summed E-state index contributed by atoms with van der Waals surface area (Å²) in [6, 6.07) is 18.3. The molecule has 4 rings (SSSR count). The van der Waals surface area contributed by atoms with E-state index in [0.29, 0.717) is 6.04 Å². The molecule has 0 radical (unpaired) electrons. The van der Waals surface area contributed by atoms with Crippen LogP contribution in [0.3, 0.4) is 0 Å². The molecule has 0 N–H and O–H groups in total. The van der Waals surface area contributed by atoms with E-state index in [1.807, 2.05) is 0 Å². The van der Waals surface area contributed by atoms with E-state index in [1.54, 1.807) is 0 Å². The SMILES string of the molecule is CC(C)N1Cc2c(c3ccccc3c3ccccc23)C1. The van der Waals surface area contributed by atoms with Gasteiger partial charge in [0.25, 0.3) is 0 Å². The summed E-state index contributed by atoms with van der Waals surface area (Å²) in [5, 5.41) is 5.66. The fourth-order valence-electron chi connectivity index (χ4n) is 3.48. The van der Waals surface area contributed by atoms with E-state index in [9.17, 15) is 0 Å². The molecule has 0 amide bonds. The van der Waals surface area contributed by atoms with Crippen molar-refractivity contribution in [2.75, 3.05) is 0 Å². The predicted octanol–water partition coefficient (Wildman–Crippen LogP) is 4.72. The Morgan fingerprint density at radius 1 is 0.700 bits per heavy atom. The Labute approximate surface area is 119 Å². The van der Waals surface area contributed by atoms with Crippen LogP contribution in [0, 0.1) is 0 Å². The molecule has 0 atom stereocenters. The van der Waals surface area contributed by atoms with Gasteiger partial charge in [0, 0.05) is 19.1 Å². The van der Waals surface area contributed by atoms with E-state index in [1.165, 1.54) is 32.7 Å². The van der Waals surface area contributed by atoms with E-state index in [0.717, 1.165) is 13.1 Å². The highest BCUT2D eigenvalue weighted by Crippen LogP contribution is 2.38. The van der Waals surface area contributed by atoms with Crippen molar-refractivity contribution >= 4 is 21.5 Å². The molecule has 1 aliphatic heterocycles. The third kappa shape index (κ3) is 1.60. The molecule has 20 heavy (non-hydrogen) atoms. The number of nitrogens with zero attached hydrogens (tertiary/aromatic N) is 1. The molecule has 0 aromatic heterocycles.